The number of aryl methyl sites for hydroxylation is 1. The first-order chi connectivity index (χ1) is 9.02. The molecule has 19 heavy (non-hydrogen) atoms. The summed E-state index contributed by atoms with van der Waals surface area (Å²) in [6.45, 7) is 2.24. The Morgan fingerprint density at radius 1 is 1.37 bits per heavy atom. The van der Waals surface area contributed by atoms with Crippen LogP contribution in [0.2, 0.25) is 0 Å². The molecule has 0 saturated heterocycles. The Balaban J connectivity index is 2.56. The first-order valence-corrected chi connectivity index (χ1v) is 5.87. The molecule has 0 aliphatic rings. The second-order valence-electron chi connectivity index (χ2n) is 4.15. The van der Waals surface area contributed by atoms with Crippen LogP contribution in [0.4, 0.5) is 18.9 Å². The summed E-state index contributed by atoms with van der Waals surface area (Å²) < 4.78 is 41.5. The number of hydrogen-bond acceptors (Lipinski definition) is 2. The lowest BCUT2D eigenvalue weighted by molar-refractivity contribution is 0.152. The van der Waals surface area contributed by atoms with Crippen LogP contribution in [0.3, 0.4) is 0 Å². The number of nitrogens with one attached hydrogen (secondary N) is 1. The average Bonchev–Trinajstić information content (AvgIpc) is 2.78. The van der Waals surface area contributed by atoms with Gasteiger partial charge in [0, 0.05) is 30.9 Å². The fourth-order valence-corrected chi connectivity index (χ4v) is 1.91. The van der Waals surface area contributed by atoms with Crippen LogP contribution >= 0.6 is 0 Å². The van der Waals surface area contributed by atoms with Crippen molar-refractivity contribution in [1.82, 2.24) is 9.78 Å². The molecule has 3 nitrogen and oxygen atoms in total. The van der Waals surface area contributed by atoms with Gasteiger partial charge in [-0.2, -0.15) is 5.10 Å². The molecule has 1 heterocycles. The highest BCUT2D eigenvalue weighted by Crippen LogP contribution is 2.34. The molecule has 0 aliphatic carbocycles. The monoisotopic (exact) mass is 269 g/mol. The highest BCUT2D eigenvalue weighted by molar-refractivity contribution is 5.70. The maximum atomic E-state index is 13.8. The molecule has 2 aromatic rings. The van der Waals surface area contributed by atoms with Gasteiger partial charge in [-0.05, 0) is 24.6 Å². The maximum Gasteiger partial charge on any atom is 0.264 e. The summed E-state index contributed by atoms with van der Waals surface area (Å²) in [5.41, 5.74) is 0.526. The summed E-state index contributed by atoms with van der Waals surface area (Å²) in [6.07, 6.45) is 0.342. The number of rotatable bonds is 4. The molecular weight excluding hydrogens is 255 g/mol. The zero-order valence-corrected chi connectivity index (χ0v) is 10.6. The summed E-state index contributed by atoms with van der Waals surface area (Å²) >= 11 is 0. The molecule has 6 heteroatoms. The van der Waals surface area contributed by atoms with Gasteiger partial charge in [-0.25, -0.2) is 13.2 Å². The fraction of sp³-hybridized carbons (Fsp3) is 0.308. The smallest absolute Gasteiger partial charge is 0.264 e. The van der Waals surface area contributed by atoms with Gasteiger partial charge < -0.3 is 5.32 Å². The molecule has 1 N–H and O–H groups in total. The van der Waals surface area contributed by atoms with E-state index < -0.39 is 12.2 Å². The predicted octanol–water partition coefficient (Wildman–Crippen LogP) is 3.60. The largest absolute Gasteiger partial charge is 0.383 e. The van der Waals surface area contributed by atoms with Gasteiger partial charge in [-0.1, -0.05) is 0 Å². The summed E-state index contributed by atoms with van der Waals surface area (Å²) in [5.74, 6) is -0.551. The SMILES string of the molecule is CCNc1cc(C(F)F)c(-c2cnn(C)c2)cc1F. The molecular formula is C13H14F3N3. The molecule has 0 amide bonds. The van der Waals surface area contributed by atoms with Gasteiger partial charge in [0.15, 0.2) is 0 Å². The molecule has 0 radical (unpaired) electrons. The van der Waals surface area contributed by atoms with Gasteiger partial charge in [-0.15, -0.1) is 0 Å². The summed E-state index contributed by atoms with van der Waals surface area (Å²) in [6, 6.07) is 2.28. The normalized spacial score (nSPS) is 11.1. The Morgan fingerprint density at radius 2 is 2.11 bits per heavy atom. The lowest BCUT2D eigenvalue weighted by Gasteiger charge is -2.12. The van der Waals surface area contributed by atoms with Crippen molar-refractivity contribution in [3.63, 3.8) is 0 Å². The number of aromatic nitrogens is 2. The van der Waals surface area contributed by atoms with Crippen LogP contribution in [0, 0.1) is 5.82 Å². The molecule has 1 aromatic carbocycles. The van der Waals surface area contributed by atoms with E-state index in [4.69, 9.17) is 0 Å². The predicted molar refractivity (Wildman–Crippen MR) is 67.7 cm³/mol. The lowest BCUT2D eigenvalue weighted by Crippen LogP contribution is -2.02. The summed E-state index contributed by atoms with van der Waals surface area (Å²) in [5, 5.41) is 6.64. The van der Waals surface area contributed by atoms with E-state index >= 15 is 0 Å². The van der Waals surface area contributed by atoms with Crippen molar-refractivity contribution in [3.8, 4) is 11.1 Å². The number of alkyl halides is 2. The van der Waals surface area contributed by atoms with E-state index in [-0.39, 0.29) is 16.8 Å². The number of anilines is 1. The van der Waals surface area contributed by atoms with Gasteiger partial charge in [0.2, 0.25) is 0 Å². The molecule has 0 unspecified atom stereocenters. The Kier molecular flexibility index (Phi) is 3.78. The molecule has 0 saturated carbocycles. The molecule has 2 rings (SSSR count). The summed E-state index contributed by atoms with van der Waals surface area (Å²) in [7, 11) is 1.68. The first kappa shape index (κ1) is 13.5. The van der Waals surface area contributed by atoms with Gasteiger partial charge in [0.1, 0.15) is 5.82 Å². The highest BCUT2D eigenvalue weighted by atomic mass is 19.3. The van der Waals surface area contributed by atoms with Crippen LogP contribution in [0.25, 0.3) is 11.1 Å². The van der Waals surface area contributed by atoms with E-state index in [9.17, 15) is 13.2 Å². The van der Waals surface area contributed by atoms with Crippen LogP contribution in [0.1, 0.15) is 18.9 Å². The van der Waals surface area contributed by atoms with Crippen molar-refractivity contribution in [2.75, 3.05) is 11.9 Å². The van der Waals surface area contributed by atoms with Crippen LogP contribution in [0.5, 0.6) is 0 Å². The van der Waals surface area contributed by atoms with Crippen molar-refractivity contribution >= 4 is 5.69 Å². The Hall–Kier alpha value is -1.98. The molecule has 102 valence electrons. The van der Waals surface area contributed by atoms with Crippen LogP contribution in [-0.2, 0) is 7.05 Å². The molecule has 0 atom stereocenters. The van der Waals surface area contributed by atoms with Crippen molar-refractivity contribution < 1.29 is 13.2 Å². The van der Waals surface area contributed by atoms with Crippen LogP contribution < -0.4 is 5.32 Å². The van der Waals surface area contributed by atoms with Gasteiger partial charge in [0.25, 0.3) is 6.43 Å². The van der Waals surface area contributed by atoms with Gasteiger partial charge in [-0.3, -0.25) is 4.68 Å². The molecule has 0 aliphatic heterocycles. The third kappa shape index (κ3) is 2.72. The van der Waals surface area contributed by atoms with E-state index in [1.54, 1.807) is 20.2 Å². The minimum absolute atomic E-state index is 0.0884. The zero-order chi connectivity index (χ0) is 14.0. The number of halogens is 3. The van der Waals surface area contributed by atoms with E-state index in [0.717, 1.165) is 12.1 Å². The van der Waals surface area contributed by atoms with Crippen molar-refractivity contribution in [2.24, 2.45) is 7.05 Å². The van der Waals surface area contributed by atoms with Crippen LogP contribution in [-0.4, -0.2) is 16.3 Å². The Labute approximate surface area is 109 Å². The van der Waals surface area contributed by atoms with E-state index in [0.29, 0.717) is 12.1 Å². The molecule has 0 fully saturated rings. The quantitative estimate of drug-likeness (QED) is 0.919. The third-order valence-electron chi connectivity index (χ3n) is 2.76. The van der Waals surface area contributed by atoms with Crippen molar-refractivity contribution in [3.05, 3.63) is 35.9 Å². The number of benzene rings is 1. The lowest BCUT2D eigenvalue weighted by atomic mass is 10.0. The number of nitrogens with zero attached hydrogens (tertiary/aromatic N) is 2. The minimum atomic E-state index is -2.67. The number of hydrogen-bond donors (Lipinski definition) is 1. The fourth-order valence-electron chi connectivity index (χ4n) is 1.91. The van der Waals surface area contributed by atoms with E-state index in [2.05, 4.69) is 10.4 Å². The Bertz CT molecular complexity index is 579. The van der Waals surface area contributed by atoms with Crippen LogP contribution in [0.15, 0.2) is 24.5 Å². The minimum Gasteiger partial charge on any atom is -0.383 e. The van der Waals surface area contributed by atoms with Crippen molar-refractivity contribution in [1.29, 1.82) is 0 Å². The Morgan fingerprint density at radius 3 is 2.63 bits per heavy atom. The first-order valence-electron chi connectivity index (χ1n) is 5.87. The topological polar surface area (TPSA) is 29.9 Å². The zero-order valence-electron chi connectivity index (χ0n) is 10.6. The van der Waals surface area contributed by atoms with Gasteiger partial charge in [0.05, 0.1) is 11.9 Å². The molecule has 0 bridgehead atoms. The molecule has 0 spiro atoms. The summed E-state index contributed by atoms with van der Waals surface area (Å²) in [4.78, 5) is 0. The van der Waals surface area contributed by atoms with Gasteiger partial charge >= 0.3 is 0 Å². The standard InChI is InChI=1S/C13H14F3N3/c1-3-17-12-5-10(13(15)16)9(4-11(12)14)8-6-18-19(2)7-8/h4-7,13,17H,3H2,1-2H3. The maximum absolute atomic E-state index is 13.8. The second kappa shape index (κ2) is 5.34. The third-order valence-corrected chi connectivity index (χ3v) is 2.76. The molecule has 1 aromatic heterocycles. The van der Waals surface area contributed by atoms with E-state index in [1.165, 1.54) is 10.9 Å². The second-order valence-corrected chi connectivity index (χ2v) is 4.15. The average molecular weight is 269 g/mol. The van der Waals surface area contributed by atoms with E-state index in [1.807, 2.05) is 0 Å². The highest BCUT2D eigenvalue weighted by Gasteiger charge is 2.18. The van der Waals surface area contributed by atoms with Crippen molar-refractivity contribution in [2.45, 2.75) is 13.3 Å².